The van der Waals surface area contributed by atoms with Crippen LogP contribution in [0.3, 0.4) is 0 Å². The largest absolute Gasteiger partial charge is 0.390 e. The Morgan fingerprint density at radius 2 is 2.15 bits per heavy atom. The molecule has 1 fully saturated rings. The molecule has 114 valence electrons. The van der Waals surface area contributed by atoms with Gasteiger partial charge in [0.1, 0.15) is 0 Å². The second-order valence-electron chi connectivity index (χ2n) is 5.30. The lowest BCUT2D eigenvalue weighted by Crippen LogP contribution is -2.50. The number of aryl methyl sites for hydroxylation is 2. The summed E-state index contributed by atoms with van der Waals surface area (Å²) in [7, 11) is 1.90. The molecule has 1 atom stereocenters. The van der Waals surface area contributed by atoms with Gasteiger partial charge in [0.15, 0.2) is 0 Å². The second kappa shape index (κ2) is 6.56. The first-order valence-electron chi connectivity index (χ1n) is 7.08. The fraction of sp³-hybridized carbons (Fsp3) is 0.786. The lowest BCUT2D eigenvalue weighted by Gasteiger charge is -2.40. The monoisotopic (exact) mass is 346 g/mol. The lowest BCUT2D eigenvalue weighted by atomic mass is 9.85. The van der Waals surface area contributed by atoms with Crippen molar-refractivity contribution in [1.82, 2.24) is 9.78 Å². The van der Waals surface area contributed by atoms with Crippen LogP contribution in [-0.2, 0) is 22.9 Å². The third-order valence-corrected chi connectivity index (χ3v) is 5.06. The fourth-order valence-corrected chi connectivity index (χ4v) is 3.35. The molecule has 0 bridgehead atoms. The van der Waals surface area contributed by atoms with E-state index in [4.69, 9.17) is 9.47 Å². The molecule has 5 nitrogen and oxygen atoms in total. The molecule has 1 aliphatic rings. The molecular weight excluding hydrogens is 324 g/mol. The summed E-state index contributed by atoms with van der Waals surface area (Å²) in [6, 6.07) is 0. The van der Waals surface area contributed by atoms with Gasteiger partial charge in [0.05, 0.1) is 27.6 Å². The fourth-order valence-electron chi connectivity index (χ4n) is 2.85. The molecule has 2 heterocycles. The minimum absolute atomic E-state index is 0.495. The molecule has 20 heavy (non-hydrogen) atoms. The van der Waals surface area contributed by atoms with Crippen LogP contribution in [0, 0.1) is 6.92 Å². The molecule has 1 N–H and O–H groups in total. The Kier molecular flexibility index (Phi) is 5.23. The van der Waals surface area contributed by atoms with Gasteiger partial charge in [0.2, 0.25) is 0 Å². The van der Waals surface area contributed by atoms with Crippen molar-refractivity contribution in [3.8, 4) is 0 Å². The number of aliphatic hydroxyl groups is 1. The van der Waals surface area contributed by atoms with Gasteiger partial charge in [0.25, 0.3) is 0 Å². The van der Waals surface area contributed by atoms with E-state index < -0.39 is 11.7 Å². The van der Waals surface area contributed by atoms with Crippen LogP contribution in [0.2, 0.25) is 0 Å². The molecule has 1 aliphatic heterocycles. The van der Waals surface area contributed by atoms with Crippen LogP contribution in [0.15, 0.2) is 4.47 Å². The third kappa shape index (κ3) is 3.08. The molecule has 0 radical (unpaired) electrons. The predicted octanol–water partition coefficient (Wildman–Crippen LogP) is 1.98. The molecule has 1 aromatic rings. The first-order valence-corrected chi connectivity index (χ1v) is 7.87. The Morgan fingerprint density at radius 1 is 1.50 bits per heavy atom. The topological polar surface area (TPSA) is 56.5 Å². The number of halogens is 1. The molecule has 0 aliphatic carbocycles. The third-order valence-electron chi connectivity index (χ3n) is 4.03. The number of aromatic nitrogens is 2. The molecule has 6 heteroatoms. The molecule has 0 amide bonds. The maximum Gasteiger partial charge on any atom is 0.0987 e. The molecule has 1 saturated heterocycles. The van der Waals surface area contributed by atoms with Gasteiger partial charge in [-0.25, -0.2) is 0 Å². The van der Waals surface area contributed by atoms with Crippen molar-refractivity contribution < 1.29 is 14.6 Å². The van der Waals surface area contributed by atoms with Gasteiger partial charge in [0, 0.05) is 46.1 Å². The zero-order chi connectivity index (χ0) is 14.8. The van der Waals surface area contributed by atoms with E-state index in [0.717, 1.165) is 28.7 Å². The molecular formula is C14H23BrN2O3. The average Bonchev–Trinajstić information content (AvgIpc) is 2.67. The quantitative estimate of drug-likeness (QED) is 0.885. The summed E-state index contributed by atoms with van der Waals surface area (Å²) >= 11 is 3.55. The standard InChI is InChI=1S/C14H23BrN2O3/c1-4-20-14(5-7-19-8-6-14)12(18)9-11-13(15)10(2)16-17(11)3/h12,18H,4-9H2,1-3H3. The molecule has 1 unspecified atom stereocenters. The average molecular weight is 347 g/mol. The van der Waals surface area contributed by atoms with Crippen molar-refractivity contribution in [3.05, 3.63) is 15.9 Å². The molecule has 0 saturated carbocycles. The maximum atomic E-state index is 10.7. The zero-order valence-electron chi connectivity index (χ0n) is 12.4. The van der Waals surface area contributed by atoms with Crippen LogP contribution in [0.5, 0.6) is 0 Å². The highest BCUT2D eigenvalue weighted by atomic mass is 79.9. The van der Waals surface area contributed by atoms with Gasteiger partial charge in [-0.2, -0.15) is 5.10 Å². The normalized spacial score (nSPS) is 20.1. The number of ether oxygens (including phenoxy) is 2. The number of hydrogen-bond donors (Lipinski definition) is 1. The Hall–Kier alpha value is -0.430. The number of rotatable bonds is 5. The van der Waals surface area contributed by atoms with E-state index in [1.807, 2.05) is 25.6 Å². The Balaban J connectivity index is 2.17. The summed E-state index contributed by atoms with van der Waals surface area (Å²) in [6.45, 7) is 5.80. The van der Waals surface area contributed by atoms with E-state index in [1.165, 1.54) is 0 Å². The zero-order valence-corrected chi connectivity index (χ0v) is 13.9. The Morgan fingerprint density at radius 3 is 2.65 bits per heavy atom. The number of aliphatic hydroxyl groups excluding tert-OH is 1. The minimum Gasteiger partial charge on any atom is -0.390 e. The van der Waals surface area contributed by atoms with E-state index in [-0.39, 0.29) is 0 Å². The van der Waals surface area contributed by atoms with Crippen molar-refractivity contribution in [2.45, 2.75) is 44.8 Å². The Labute approximate surface area is 128 Å². The summed E-state index contributed by atoms with van der Waals surface area (Å²) in [5.41, 5.74) is 1.44. The van der Waals surface area contributed by atoms with Crippen LogP contribution >= 0.6 is 15.9 Å². The highest BCUT2D eigenvalue weighted by Gasteiger charge is 2.41. The van der Waals surface area contributed by atoms with Crippen LogP contribution in [-0.4, -0.2) is 46.4 Å². The molecule has 2 rings (SSSR count). The van der Waals surface area contributed by atoms with Crippen LogP contribution in [0.25, 0.3) is 0 Å². The van der Waals surface area contributed by atoms with Crippen molar-refractivity contribution in [3.63, 3.8) is 0 Å². The first kappa shape index (κ1) is 15.9. The van der Waals surface area contributed by atoms with E-state index >= 15 is 0 Å². The predicted molar refractivity (Wildman–Crippen MR) is 79.8 cm³/mol. The van der Waals surface area contributed by atoms with Crippen molar-refractivity contribution in [2.24, 2.45) is 7.05 Å². The van der Waals surface area contributed by atoms with Gasteiger partial charge in [-0.1, -0.05) is 0 Å². The van der Waals surface area contributed by atoms with E-state index in [2.05, 4.69) is 21.0 Å². The van der Waals surface area contributed by atoms with Crippen molar-refractivity contribution in [1.29, 1.82) is 0 Å². The Bertz CT molecular complexity index is 450. The summed E-state index contributed by atoms with van der Waals surface area (Å²) < 4.78 is 14.1. The van der Waals surface area contributed by atoms with Crippen molar-refractivity contribution >= 4 is 15.9 Å². The summed E-state index contributed by atoms with van der Waals surface area (Å²) in [5.74, 6) is 0. The van der Waals surface area contributed by atoms with Crippen molar-refractivity contribution in [2.75, 3.05) is 19.8 Å². The number of hydrogen-bond acceptors (Lipinski definition) is 4. The summed E-state index contributed by atoms with van der Waals surface area (Å²) in [5, 5.41) is 15.1. The smallest absolute Gasteiger partial charge is 0.0987 e. The molecule has 0 aromatic carbocycles. The van der Waals surface area contributed by atoms with Gasteiger partial charge in [-0.3, -0.25) is 4.68 Å². The highest BCUT2D eigenvalue weighted by molar-refractivity contribution is 9.10. The molecule has 0 spiro atoms. The first-order chi connectivity index (χ1) is 9.50. The number of nitrogens with zero attached hydrogens (tertiary/aromatic N) is 2. The van der Waals surface area contributed by atoms with Gasteiger partial charge in [-0.05, 0) is 29.8 Å². The van der Waals surface area contributed by atoms with Crippen LogP contribution < -0.4 is 0 Å². The summed E-state index contributed by atoms with van der Waals surface area (Å²) in [4.78, 5) is 0. The summed E-state index contributed by atoms with van der Waals surface area (Å²) in [6.07, 6.45) is 1.43. The SMILES string of the molecule is CCOC1(C(O)Cc2c(Br)c(C)nn2C)CCOCC1. The van der Waals surface area contributed by atoms with Gasteiger partial charge in [-0.15, -0.1) is 0 Å². The van der Waals surface area contributed by atoms with E-state index in [0.29, 0.717) is 26.2 Å². The van der Waals surface area contributed by atoms with Gasteiger partial charge >= 0.3 is 0 Å². The van der Waals surface area contributed by atoms with E-state index in [9.17, 15) is 5.11 Å². The lowest BCUT2D eigenvalue weighted by molar-refractivity contribution is -0.165. The maximum absolute atomic E-state index is 10.7. The molecule has 1 aromatic heterocycles. The minimum atomic E-state index is -0.558. The van der Waals surface area contributed by atoms with Crippen LogP contribution in [0.1, 0.15) is 31.2 Å². The highest BCUT2D eigenvalue weighted by Crippen LogP contribution is 2.32. The van der Waals surface area contributed by atoms with E-state index in [1.54, 1.807) is 0 Å². The van der Waals surface area contributed by atoms with Crippen LogP contribution in [0.4, 0.5) is 0 Å². The van der Waals surface area contributed by atoms with Gasteiger partial charge < -0.3 is 14.6 Å². The second-order valence-corrected chi connectivity index (χ2v) is 6.09.